The number of nitrogens with one attached hydrogen (secondary N) is 1. The second-order valence-electron chi connectivity index (χ2n) is 3.70. The van der Waals surface area contributed by atoms with Crippen LogP contribution >= 0.6 is 11.6 Å². The van der Waals surface area contributed by atoms with Gasteiger partial charge in [0.15, 0.2) is 0 Å². The molecule has 1 heterocycles. The Balaban J connectivity index is 2.22. The van der Waals surface area contributed by atoms with E-state index in [9.17, 15) is 0 Å². The van der Waals surface area contributed by atoms with Gasteiger partial charge in [0.2, 0.25) is 0 Å². The molecule has 0 spiro atoms. The fraction of sp³-hybridized carbons (Fsp3) is 0.600. The van der Waals surface area contributed by atoms with Crippen LogP contribution < -0.4 is 5.32 Å². The van der Waals surface area contributed by atoms with Crippen molar-refractivity contribution in [1.82, 2.24) is 9.97 Å². The molecule has 1 aromatic heterocycles. The van der Waals surface area contributed by atoms with E-state index in [1.54, 1.807) is 6.33 Å². The van der Waals surface area contributed by atoms with E-state index in [1.165, 1.54) is 17.7 Å². The predicted octanol–water partition coefficient (Wildman–Crippen LogP) is 2.00. The number of alkyl halides is 1. The number of hydrogen-bond acceptors (Lipinski definition) is 3. The molecule has 0 bridgehead atoms. The molecular weight excluding hydrogens is 198 g/mol. The molecule has 3 nitrogen and oxygen atoms in total. The van der Waals surface area contributed by atoms with E-state index in [1.807, 2.05) is 0 Å². The Labute approximate surface area is 88.9 Å². The SMILES string of the molecule is CC(CCl)Nc1ncnc2c1CCC2. The van der Waals surface area contributed by atoms with E-state index in [4.69, 9.17) is 11.6 Å². The first-order chi connectivity index (χ1) is 6.81. The normalized spacial score (nSPS) is 16.4. The molecule has 0 aromatic carbocycles. The van der Waals surface area contributed by atoms with Crippen molar-refractivity contribution in [3.63, 3.8) is 0 Å². The predicted molar refractivity (Wildman–Crippen MR) is 57.9 cm³/mol. The number of rotatable bonds is 3. The van der Waals surface area contributed by atoms with Gasteiger partial charge in [-0.2, -0.15) is 0 Å². The first kappa shape index (κ1) is 9.71. The summed E-state index contributed by atoms with van der Waals surface area (Å²) in [7, 11) is 0. The number of anilines is 1. The molecule has 4 heteroatoms. The van der Waals surface area contributed by atoms with Crippen molar-refractivity contribution in [3.8, 4) is 0 Å². The van der Waals surface area contributed by atoms with Crippen molar-refractivity contribution in [1.29, 1.82) is 0 Å². The number of aromatic nitrogens is 2. The van der Waals surface area contributed by atoms with Crippen LogP contribution in [0.1, 0.15) is 24.6 Å². The maximum absolute atomic E-state index is 5.75. The number of fused-ring (bicyclic) bond motifs is 1. The summed E-state index contributed by atoms with van der Waals surface area (Å²) in [6.45, 7) is 2.05. The van der Waals surface area contributed by atoms with E-state index < -0.39 is 0 Å². The van der Waals surface area contributed by atoms with Gasteiger partial charge in [0.05, 0.1) is 0 Å². The summed E-state index contributed by atoms with van der Waals surface area (Å²) in [5, 5.41) is 3.31. The third-order valence-electron chi connectivity index (χ3n) is 2.49. The molecule has 0 aliphatic heterocycles. The van der Waals surface area contributed by atoms with E-state index in [0.717, 1.165) is 18.7 Å². The number of nitrogens with zero attached hydrogens (tertiary/aromatic N) is 2. The third-order valence-corrected chi connectivity index (χ3v) is 2.95. The lowest BCUT2D eigenvalue weighted by Gasteiger charge is -2.13. The molecular formula is C10H14ClN3. The van der Waals surface area contributed by atoms with Gasteiger partial charge in [0.25, 0.3) is 0 Å². The Morgan fingerprint density at radius 3 is 3.14 bits per heavy atom. The topological polar surface area (TPSA) is 37.8 Å². The Bertz CT molecular complexity index is 327. The minimum absolute atomic E-state index is 0.260. The Kier molecular flexibility index (Phi) is 2.87. The summed E-state index contributed by atoms with van der Waals surface area (Å²) >= 11 is 5.75. The summed E-state index contributed by atoms with van der Waals surface area (Å²) in [5.41, 5.74) is 2.48. The van der Waals surface area contributed by atoms with E-state index >= 15 is 0 Å². The molecule has 0 saturated carbocycles. The van der Waals surface area contributed by atoms with Crippen molar-refractivity contribution < 1.29 is 0 Å². The molecule has 0 fully saturated rings. The van der Waals surface area contributed by atoms with Crippen LogP contribution in [-0.2, 0) is 12.8 Å². The molecule has 1 aliphatic carbocycles. The van der Waals surface area contributed by atoms with Gasteiger partial charge in [-0.3, -0.25) is 0 Å². The lowest BCUT2D eigenvalue weighted by molar-refractivity contribution is 0.882. The zero-order valence-corrected chi connectivity index (χ0v) is 9.01. The average molecular weight is 212 g/mol. The van der Waals surface area contributed by atoms with Crippen LogP contribution in [0.2, 0.25) is 0 Å². The highest BCUT2D eigenvalue weighted by Gasteiger charge is 2.17. The maximum Gasteiger partial charge on any atom is 0.133 e. The number of aryl methyl sites for hydroxylation is 1. The lowest BCUT2D eigenvalue weighted by Crippen LogP contribution is -2.18. The minimum atomic E-state index is 0.260. The second-order valence-corrected chi connectivity index (χ2v) is 4.01. The smallest absolute Gasteiger partial charge is 0.133 e. The Hall–Kier alpha value is -0.830. The zero-order valence-electron chi connectivity index (χ0n) is 8.26. The van der Waals surface area contributed by atoms with Gasteiger partial charge in [-0.25, -0.2) is 9.97 Å². The number of hydrogen-bond donors (Lipinski definition) is 1. The Morgan fingerprint density at radius 1 is 1.50 bits per heavy atom. The maximum atomic E-state index is 5.75. The number of halogens is 1. The van der Waals surface area contributed by atoms with Gasteiger partial charge in [-0.05, 0) is 26.2 Å². The second kappa shape index (κ2) is 4.13. The largest absolute Gasteiger partial charge is 0.366 e. The average Bonchev–Trinajstić information content (AvgIpc) is 2.66. The van der Waals surface area contributed by atoms with Crippen LogP contribution in [0.4, 0.5) is 5.82 Å². The van der Waals surface area contributed by atoms with Gasteiger partial charge in [0.1, 0.15) is 12.1 Å². The van der Waals surface area contributed by atoms with Gasteiger partial charge in [0, 0.05) is 23.2 Å². The fourth-order valence-electron chi connectivity index (χ4n) is 1.76. The van der Waals surface area contributed by atoms with E-state index in [-0.39, 0.29) is 6.04 Å². The highest BCUT2D eigenvalue weighted by Crippen LogP contribution is 2.25. The summed E-state index contributed by atoms with van der Waals surface area (Å²) in [6, 6.07) is 0.260. The van der Waals surface area contributed by atoms with Crippen LogP contribution in [-0.4, -0.2) is 21.9 Å². The zero-order chi connectivity index (χ0) is 9.97. The third kappa shape index (κ3) is 1.82. The van der Waals surface area contributed by atoms with Gasteiger partial charge < -0.3 is 5.32 Å². The molecule has 1 aliphatic rings. The molecule has 1 unspecified atom stereocenters. The molecule has 0 amide bonds. The van der Waals surface area contributed by atoms with Gasteiger partial charge in [-0.15, -0.1) is 11.6 Å². The molecule has 0 radical (unpaired) electrons. The highest BCUT2D eigenvalue weighted by molar-refractivity contribution is 6.18. The van der Waals surface area contributed by atoms with Crippen LogP contribution in [0.5, 0.6) is 0 Å². The van der Waals surface area contributed by atoms with Crippen molar-refractivity contribution in [3.05, 3.63) is 17.6 Å². The van der Waals surface area contributed by atoms with Crippen LogP contribution in [0.25, 0.3) is 0 Å². The molecule has 76 valence electrons. The fourth-order valence-corrected chi connectivity index (χ4v) is 1.83. The minimum Gasteiger partial charge on any atom is -0.366 e. The quantitative estimate of drug-likeness (QED) is 0.778. The summed E-state index contributed by atoms with van der Waals surface area (Å²) < 4.78 is 0. The molecule has 2 rings (SSSR count). The van der Waals surface area contributed by atoms with Crippen LogP contribution in [0.15, 0.2) is 6.33 Å². The first-order valence-corrected chi connectivity index (χ1v) is 5.50. The van der Waals surface area contributed by atoms with Crippen molar-refractivity contribution >= 4 is 17.4 Å². The first-order valence-electron chi connectivity index (χ1n) is 4.96. The monoisotopic (exact) mass is 211 g/mol. The van der Waals surface area contributed by atoms with Crippen molar-refractivity contribution in [2.75, 3.05) is 11.2 Å². The van der Waals surface area contributed by atoms with Crippen molar-refractivity contribution in [2.24, 2.45) is 0 Å². The summed E-state index contributed by atoms with van der Waals surface area (Å²) in [4.78, 5) is 8.53. The van der Waals surface area contributed by atoms with Crippen LogP contribution in [0, 0.1) is 0 Å². The highest BCUT2D eigenvalue weighted by atomic mass is 35.5. The molecule has 14 heavy (non-hydrogen) atoms. The molecule has 1 aromatic rings. The summed E-state index contributed by atoms with van der Waals surface area (Å²) in [5.74, 6) is 1.57. The molecule has 1 atom stereocenters. The molecule has 0 saturated heterocycles. The Morgan fingerprint density at radius 2 is 2.36 bits per heavy atom. The van der Waals surface area contributed by atoms with Crippen molar-refractivity contribution in [2.45, 2.75) is 32.2 Å². The summed E-state index contributed by atoms with van der Waals surface area (Å²) in [6.07, 6.45) is 5.00. The molecule has 1 N–H and O–H groups in total. The van der Waals surface area contributed by atoms with Crippen LogP contribution in [0.3, 0.4) is 0 Å². The van der Waals surface area contributed by atoms with E-state index in [2.05, 4.69) is 22.2 Å². The van der Waals surface area contributed by atoms with Gasteiger partial charge >= 0.3 is 0 Å². The standard InChI is InChI=1S/C10H14ClN3/c1-7(5-11)14-10-8-3-2-4-9(8)12-6-13-10/h6-7H,2-5H2,1H3,(H,12,13,14). The van der Waals surface area contributed by atoms with Gasteiger partial charge in [-0.1, -0.05) is 0 Å². The lowest BCUT2D eigenvalue weighted by atomic mass is 10.2. The van der Waals surface area contributed by atoms with E-state index in [0.29, 0.717) is 5.88 Å².